The second-order valence-corrected chi connectivity index (χ2v) is 17.8. The van der Waals surface area contributed by atoms with Gasteiger partial charge in [-0.3, -0.25) is 28.8 Å². The van der Waals surface area contributed by atoms with Gasteiger partial charge in [-0.25, -0.2) is 9.19 Å². The fourth-order valence-electron chi connectivity index (χ4n) is 7.00. The Hall–Kier alpha value is -3.65. The van der Waals surface area contributed by atoms with E-state index >= 15 is 0 Å². The summed E-state index contributed by atoms with van der Waals surface area (Å²) in [6.07, 6.45) is 38.1. The molecular weight excluding hydrogens is 828 g/mol. The smallest absolute Gasteiger partial charge is 0.462 e. The van der Waals surface area contributed by atoms with Crippen LogP contribution in [-0.2, 0) is 32.7 Å². The van der Waals surface area contributed by atoms with E-state index in [9.17, 15) is 29.2 Å². The van der Waals surface area contributed by atoms with Gasteiger partial charge >= 0.3 is 25.4 Å². The Balaban J connectivity index is 1.72. The molecule has 0 aliphatic carbocycles. The van der Waals surface area contributed by atoms with Gasteiger partial charge < -0.3 is 19.7 Å². The fourth-order valence-corrected chi connectivity index (χ4v) is 7.76. The lowest BCUT2D eigenvalue weighted by Crippen LogP contribution is -2.29. The summed E-state index contributed by atoms with van der Waals surface area (Å²) in [6, 6.07) is 2.65. The zero-order chi connectivity index (χ0) is 45.6. The predicted molar refractivity (Wildman–Crippen MR) is 248 cm³/mol. The van der Waals surface area contributed by atoms with E-state index in [0.717, 1.165) is 77.0 Å². The molecule has 2 atom stereocenters. The van der Waals surface area contributed by atoms with Gasteiger partial charge in [0.1, 0.15) is 6.61 Å². The van der Waals surface area contributed by atoms with E-state index in [1.165, 1.54) is 89.2 Å². The molecule has 0 aliphatic heterocycles. The molecule has 2 rings (SSSR count). The molecule has 1 aromatic heterocycles. The number of ether oxygens (including phenoxy) is 2. The summed E-state index contributed by atoms with van der Waals surface area (Å²) in [5.74, 6) is -0.952. The van der Waals surface area contributed by atoms with Crippen LogP contribution in [0.1, 0.15) is 194 Å². The SMILES string of the molecule is CCCCCCCCC=CCCCCCCCC(=O)OCC(COP(=O)(O)OCCNc1ccc([N+](=O)[O-])c2nonc12)OC(=O)CCCCCCCC=CCCCCCCCC. The number of phosphoric ester groups is 1. The van der Waals surface area contributed by atoms with Gasteiger partial charge in [0.15, 0.2) is 11.6 Å². The molecule has 0 spiro atoms. The molecule has 0 fully saturated rings. The summed E-state index contributed by atoms with van der Waals surface area (Å²) < 4.78 is 38.7. The van der Waals surface area contributed by atoms with Crippen molar-refractivity contribution in [3.8, 4) is 0 Å². The zero-order valence-electron chi connectivity index (χ0n) is 38.5. The first kappa shape index (κ1) is 55.5. The molecule has 1 heterocycles. The first-order valence-electron chi connectivity index (χ1n) is 24.1. The standard InChI is InChI=1S/C47H79N4O11P/c1-3-5-7-9-11-13-15-17-19-21-23-25-27-29-31-33-44(52)58-39-41(61-45(53)34-32-30-28-26-24-22-20-18-16-14-12-10-8-6-4-2)40-60-63(56,57)59-38-37-48-42-35-36-43(51(54)55)47-46(42)49-62-50-47/h17-20,35-36,41,48H,3-16,21-34,37-40H2,1-2H3,(H,56,57). The molecular formula is C47H79N4O11P. The number of unbranched alkanes of at least 4 members (excludes halogenated alkanes) is 22. The number of phosphoric acid groups is 1. The fraction of sp³-hybridized carbons (Fsp3) is 0.745. The number of fused-ring (bicyclic) bond motifs is 1. The summed E-state index contributed by atoms with van der Waals surface area (Å²) in [4.78, 5) is 46.4. The number of nitrogens with one attached hydrogen (secondary N) is 1. The van der Waals surface area contributed by atoms with Gasteiger partial charge in [-0.1, -0.05) is 141 Å². The van der Waals surface area contributed by atoms with Crippen LogP contribution in [0.2, 0.25) is 0 Å². The molecule has 358 valence electrons. The Morgan fingerprint density at radius 3 is 1.70 bits per heavy atom. The second kappa shape index (κ2) is 36.7. The number of aromatic nitrogens is 2. The number of nitrogens with zero attached hydrogens (tertiary/aromatic N) is 3. The van der Waals surface area contributed by atoms with Crippen LogP contribution in [0.25, 0.3) is 11.0 Å². The summed E-state index contributed by atoms with van der Waals surface area (Å²) in [5.41, 5.74) is 0.132. The zero-order valence-corrected chi connectivity index (χ0v) is 39.4. The van der Waals surface area contributed by atoms with Crippen molar-refractivity contribution in [3.05, 3.63) is 46.6 Å². The average Bonchev–Trinajstić information content (AvgIpc) is 3.76. The number of non-ortho nitro benzene ring substituents is 1. The Kier molecular flexibility index (Phi) is 32.3. The monoisotopic (exact) mass is 907 g/mol. The molecule has 0 radical (unpaired) electrons. The highest BCUT2D eigenvalue weighted by molar-refractivity contribution is 7.47. The van der Waals surface area contributed by atoms with Gasteiger partial charge in [0, 0.05) is 25.5 Å². The molecule has 15 nitrogen and oxygen atoms in total. The van der Waals surface area contributed by atoms with E-state index in [1.54, 1.807) is 0 Å². The number of nitro benzene ring substituents is 1. The van der Waals surface area contributed by atoms with Crippen LogP contribution in [0.4, 0.5) is 11.4 Å². The quantitative estimate of drug-likeness (QED) is 0.0159. The first-order valence-corrected chi connectivity index (χ1v) is 25.6. The number of rotatable bonds is 42. The minimum atomic E-state index is -4.63. The van der Waals surface area contributed by atoms with Gasteiger partial charge in [0.05, 0.1) is 23.8 Å². The van der Waals surface area contributed by atoms with Gasteiger partial charge in [-0.05, 0) is 80.6 Å². The number of allylic oxidation sites excluding steroid dienone is 4. The third kappa shape index (κ3) is 28.7. The Bertz CT molecular complexity index is 1620. The molecule has 2 aromatic rings. The highest BCUT2D eigenvalue weighted by Crippen LogP contribution is 2.43. The van der Waals surface area contributed by atoms with Crippen molar-refractivity contribution >= 4 is 42.2 Å². The maximum absolute atomic E-state index is 12.8. The number of nitro groups is 1. The van der Waals surface area contributed by atoms with E-state index in [4.69, 9.17) is 18.5 Å². The second-order valence-electron chi connectivity index (χ2n) is 16.3. The highest BCUT2D eigenvalue weighted by atomic mass is 31.2. The molecule has 1 aromatic carbocycles. The van der Waals surface area contributed by atoms with Crippen LogP contribution in [0.5, 0.6) is 0 Å². The van der Waals surface area contributed by atoms with E-state index in [0.29, 0.717) is 18.5 Å². The molecule has 0 amide bonds. The maximum Gasteiger partial charge on any atom is 0.472 e. The Morgan fingerprint density at radius 2 is 1.17 bits per heavy atom. The topological polar surface area (TPSA) is 202 Å². The molecule has 0 saturated carbocycles. The molecule has 0 aliphatic rings. The van der Waals surface area contributed by atoms with Crippen LogP contribution in [0.3, 0.4) is 0 Å². The average molecular weight is 907 g/mol. The van der Waals surface area contributed by atoms with E-state index < -0.39 is 37.4 Å². The van der Waals surface area contributed by atoms with E-state index in [-0.39, 0.29) is 49.3 Å². The highest BCUT2D eigenvalue weighted by Gasteiger charge is 2.26. The van der Waals surface area contributed by atoms with Crippen molar-refractivity contribution in [2.75, 3.05) is 31.7 Å². The number of anilines is 1. The van der Waals surface area contributed by atoms with Crippen molar-refractivity contribution in [2.45, 2.75) is 200 Å². The minimum Gasteiger partial charge on any atom is -0.462 e. The number of esters is 2. The van der Waals surface area contributed by atoms with E-state index in [1.807, 2.05) is 0 Å². The number of carbonyl (C=O) groups excluding carboxylic acids is 2. The number of benzene rings is 1. The normalized spacial score (nSPS) is 13.2. The number of carbonyl (C=O) groups is 2. The van der Waals surface area contributed by atoms with E-state index in [2.05, 4.69) is 58.4 Å². The van der Waals surface area contributed by atoms with Crippen LogP contribution in [-0.4, -0.2) is 64.5 Å². The number of hydrogen-bond acceptors (Lipinski definition) is 13. The van der Waals surface area contributed by atoms with Crippen molar-refractivity contribution in [1.82, 2.24) is 10.3 Å². The van der Waals surface area contributed by atoms with Gasteiger partial charge in [0.25, 0.3) is 0 Å². The van der Waals surface area contributed by atoms with Gasteiger partial charge in [0.2, 0.25) is 5.52 Å². The van der Waals surface area contributed by atoms with Crippen molar-refractivity contribution in [2.24, 2.45) is 0 Å². The van der Waals surface area contributed by atoms with Crippen molar-refractivity contribution in [3.63, 3.8) is 0 Å². The van der Waals surface area contributed by atoms with Gasteiger partial charge in [-0.15, -0.1) is 0 Å². The third-order valence-electron chi connectivity index (χ3n) is 10.7. The summed E-state index contributed by atoms with van der Waals surface area (Å²) in [6.45, 7) is 3.31. The summed E-state index contributed by atoms with van der Waals surface area (Å²) in [5, 5.41) is 21.4. The van der Waals surface area contributed by atoms with Crippen LogP contribution in [0.15, 0.2) is 41.1 Å². The third-order valence-corrected chi connectivity index (χ3v) is 11.7. The number of hydrogen-bond donors (Lipinski definition) is 2. The van der Waals surface area contributed by atoms with Crippen LogP contribution < -0.4 is 5.32 Å². The van der Waals surface area contributed by atoms with Crippen LogP contribution in [0, 0.1) is 10.1 Å². The lowest BCUT2D eigenvalue weighted by Gasteiger charge is -2.20. The summed E-state index contributed by atoms with van der Waals surface area (Å²) in [7, 11) is -4.63. The largest absolute Gasteiger partial charge is 0.472 e. The van der Waals surface area contributed by atoms with Crippen molar-refractivity contribution in [1.29, 1.82) is 0 Å². The Labute approximate surface area is 376 Å². The summed E-state index contributed by atoms with van der Waals surface area (Å²) >= 11 is 0. The van der Waals surface area contributed by atoms with Gasteiger partial charge in [-0.2, -0.15) is 0 Å². The minimum absolute atomic E-state index is 0.00395. The van der Waals surface area contributed by atoms with Crippen LogP contribution >= 0.6 is 7.82 Å². The molecule has 63 heavy (non-hydrogen) atoms. The molecule has 16 heteroatoms. The Morgan fingerprint density at radius 1 is 0.698 bits per heavy atom. The molecule has 2 N–H and O–H groups in total. The predicted octanol–water partition coefficient (Wildman–Crippen LogP) is 13.2. The first-order chi connectivity index (χ1) is 30.7. The maximum atomic E-state index is 12.8. The molecule has 0 bridgehead atoms. The van der Waals surface area contributed by atoms with Crippen molar-refractivity contribution < 1.29 is 47.1 Å². The lowest BCUT2D eigenvalue weighted by atomic mass is 10.1. The lowest BCUT2D eigenvalue weighted by molar-refractivity contribution is -0.383. The molecule has 2 unspecified atom stereocenters. The molecule has 0 saturated heterocycles.